The first-order chi connectivity index (χ1) is 7.13. The molecule has 2 atom stereocenters. The van der Waals surface area contributed by atoms with Gasteiger partial charge in [0.05, 0.1) is 6.04 Å². The molecule has 4 N–H and O–H groups in total. The molecule has 1 aliphatic carbocycles. The lowest BCUT2D eigenvalue weighted by atomic mass is 10.1. The van der Waals surface area contributed by atoms with Crippen LogP contribution in [0, 0.1) is 5.92 Å². The van der Waals surface area contributed by atoms with E-state index in [0.717, 1.165) is 12.8 Å². The van der Waals surface area contributed by atoms with E-state index >= 15 is 0 Å². The molecule has 0 amide bonds. The molecule has 0 saturated heterocycles. The van der Waals surface area contributed by atoms with Crippen molar-refractivity contribution in [3.05, 3.63) is 0 Å². The molecule has 0 bridgehead atoms. The Morgan fingerprint density at radius 2 is 2.07 bits per heavy atom. The van der Waals surface area contributed by atoms with Crippen molar-refractivity contribution in [1.29, 1.82) is 0 Å². The predicted molar refractivity (Wildman–Crippen MR) is 62.7 cm³/mol. The minimum absolute atomic E-state index is 0.167. The van der Waals surface area contributed by atoms with Crippen LogP contribution in [0.1, 0.15) is 39.5 Å². The van der Waals surface area contributed by atoms with Gasteiger partial charge in [0.15, 0.2) is 5.96 Å². The van der Waals surface area contributed by atoms with Crippen molar-refractivity contribution in [2.24, 2.45) is 16.6 Å². The maximum atomic E-state index is 8.98. The number of aliphatic imine (C=N–C) groups is 1. The number of aliphatic hydroxyl groups excluding tert-OH is 1. The van der Waals surface area contributed by atoms with E-state index in [2.05, 4.69) is 10.3 Å². The molecule has 4 heteroatoms. The molecule has 1 rings (SSSR count). The van der Waals surface area contributed by atoms with Crippen molar-refractivity contribution in [3.63, 3.8) is 0 Å². The van der Waals surface area contributed by atoms with Crippen LogP contribution < -0.4 is 11.1 Å². The van der Waals surface area contributed by atoms with Gasteiger partial charge in [0.1, 0.15) is 0 Å². The Hall–Kier alpha value is -0.770. The number of guanidine groups is 1. The molecule has 0 heterocycles. The molecule has 15 heavy (non-hydrogen) atoms. The summed E-state index contributed by atoms with van der Waals surface area (Å²) in [6.07, 6.45) is 4.85. The third-order valence-corrected chi connectivity index (χ3v) is 3.16. The maximum Gasteiger partial charge on any atom is 0.189 e. The highest BCUT2D eigenvalue weighted by molar-refractivity contribution is 5.78. The molecule has 0 spiro atoms. The predicted octanol–water partition coefficient (Wildman–Crippen LogP) is 0.850. The van der Waals surface area contributed by atoms with E-state index in [4.69, 9.17) is 10.8 Å². The average molecular weight is 213 g/mol. The smallest absolute Gasteiger partial charge is 0.189 e. The van der Waals surface area contributed by atoms with Gasteiger partial charge in [-0.15, -0.1) is 0 Å². The Bertz CT molecular complexity index is 212. The third kappa shape index (κ3) is 4.08. The van der Waals surface area contributed by atoms with Crippen LogP contribution >= 0.6 is 0 Å². The number of rotatable bonds is 4. The Morgan fingerprint density at radius 3 is 2.60 bits per heavy atom. The normalized spacial score (nSPS) is 22.7. The molecule has 1 saturated carbocycles. The third-order valence-electron chi connectivity index (χ3n) is 3.16. The fraction of sp³-hybridized carbons (Fsp3) is 0.909. The van der Waals surface area contributed by atoms with Crippen LogP contribution in [0.15, 0.2) is 4.99 Å². The number of hydrogen-bond acceptors (Lipinski definition) is 2. The number of aliphatic hydroxyl groups is 1. The Labute approximate surface area is 92.0 Å². The molecule has 0 aromatic heterocycles. The van der Waals surface area contributed by atoms with Gasteiger partial charge in [-0.1, -0.05) is 19.8 Å². The average Bonchev–Trinajstić information content (AvgIpc) is 2.68. The highest BCUT2D eigenvalue weighted by atomic mass is 16.3. The maximum absolute atomic E-state index is 8.98. The van der Waals surface area contributed by atoms with Crippen LogP contribution in [0.25, 0.3) is 0 Å². The lowest BCUT2D eigenvalue weighted by Crippen LogP contribution is -2.43. The standard InChI is InChI=1S/C11H23N3O/c1-8(7-15)9(2)13-11(12)14-10-5-3-4-6-10/h8-10,15H,3-7H2,1-2H3,(H3,12,13,14). The molecule has 0 radical (unpaired) electrons. The van der Waals surface area contributed by atoms with Crippen LogP contribution in [0.3, 0.4) is 0 Å². The molecule has 0 aromatic carbocycles. The van der Waals surface area contributed by atoms with Crippen molar-refractivity contribution in [2.45, 2.75) is 51.6 Å². The Kier molecular flexibility index (Phi) is 4.88. The van der Waals surface area contributed by atoms with Crippen LogP contribution in [0.2, 0.25) is 0 Å². The summed E-state index contributed by atoms with van der Waals surface area (Å²) < 4.78 is 0. The first kappa shape index (κ1) is 12.3. The Morgan fingerprint density at radius 1 is 1.47 bits per heavy atom. The number of hydrogen-bond donors (Lipinski definition) is 3. The van der Waals surface area contributed by atoms with E-state index in [0.29, 0.717) is 12.0 Å². The summed E-state index contributed by atoms with van der Waals surface area (Å²) in [5.74, 6) is 0.719. The van der Waals surface area contributed by atoms with E-state index in [-0.39, 0.29) is 18.6 Å². The van der Waals surface area contributed by atoms with Gasteiger partial charge in [-0.25, -0.2) is 0 Å². The van der Waals surface area contributed by atoms with Gasteiger partial charge >= 0.3 is 0 Å². The molecule has 0 aliphatic heterocycles. The fourth-order valence-electron chi connectivity index (χ4n) is 1.80. The molecule has 88 valence electrons. The minimum atomic E-state index is 0.167. The molecule has 0 aromatic rings. The van der Waals surface area contributed by atoms with E-state index in [9.17, 15) is 0 Å². The van der Waals surface area contributed by atoms with Gasteiger partial charge in [0.25, 0.3) is 0 Å². The quantitative estimate of drug-likeness (QED) is 0.479. The van der Waals surface area contributed by atoms with Crippen LogP contribution in [0.4, 0.5) is 0 Å². The summed E-state index contributed by atoms with van der Waals surface area (Å²) >= 11 is 0. The topological polar surface area (TPSA) is 70.6 Å². The number of nitrogens with one attached hydrogen (secondary N) is 1. The van der Waals surface area contributed by atoms with Crippen LogP contribution in [0.5, 0.6) is 0 Å². The van der Waals surface area contributed by atoms with Crippen molar-refractivity contribution in [1.82, 2.24) is 5.32 Å². The summed E-state index contributed by atoms with van der Waals surface area (Å²) in [7, 11) is 0. The SMILES string of the molecule is CC(CO)C(C)NC(N)=NC1CCCC1. The second-order valence-electron chi connectivity index (χ2n) is 4.55. The van der Waals surface area contributed by atoms with Crippen molar-refractivity contribution in [3.8, 4) is 0 Å². The van der Waals surface area contributed by atoms with Crippen LogP contribution in [-0.4, -0.2) is 29.8 Å². The molecule has 1 fully saturated rings. The summed E-state index contributed by atoms with van der Waals surface area (Å²) in [6, 6.07) is 0.578. The van der Waals surface area contributed by atoms with E-state index in [1.165, 1.54) is 12.8 Å². The second-order valence-corrected chi connectivity index (χ2v) is 4.55. The van der Waals surface area contributed by atoms with Gasteiger partial charge in [-0.05, 0) is 25.7 Å². The van der Waals surface area contributed by atoms with Gasteiger partial charge in [-0.3, -0.25) is 4.99 Å². The van der Waals surface area contributed by atoms with Gasteiger partial charge in [-0.2, -0.15) is 0 Å². The first-order valence-electron chi connectivity index (χ1n) is 5.84. The lowest BCUT2D eigenvalue weighted by Gasteiger charge is -2.20. The molecule has 2 unspecified atom stereocenters. The second kappa shape index (κ2) is 5.95. The van der Waals surface area contributed by atoms with Gasteiger partial charge in [0.2, 0.25) is 0 Å². The molecular weight excluding hydrogens is 190 g/mol. The highest BCUT2D eigenvalue weighted by Crippen LogP contribution is 2.20. The summed E-state index contributed by atoms with van der Waals surface area (Å²) in [5.41, 5.74) is 5.80. The van der Waals surface area contributed by atoms with E-state index in [1.54, 1.807) is 0 Å². The number of nitrogens with zero attached hydrogens (tertiary/aromatic N) is 1. The monoisotopic (exact) mass is 213 g/mol. The first-order valence-corrected chi connectivity index (χ1v) is 5.84. The van der Waals surface area contributed by atoms with Gasteiger partial charge in [0, 0.05) is 12.6 Å². The van der Waals surface area contributed by atoms with Crippen LogP contribution in [-0.2, 0) is 0 Å². The Balaban J connectivity index is 2.36. The van der Waals surface area contributed by atoms with Gasteiger partial charge < -0.3 is 16.2 Å². The summed E-state index contributed by atoms with van der Waals surface area (Å²) in [5, 5.41) is 12.1. The number of nitrogens with two attached hydrogens (primary N) is 1. The molecular formula is C11H23N3O. The summed E-state index contributed by atoms with van der Waals surface area (Å²) in [6.45, 7) is 4.17. The fourth-order valence-corrected chi connectivity index (χ4v) is 1.80. The van der Waals surface area contributed by atoms with Crippen molar-refractivity contribution in [2.75, 3.05) is 6.61 Å². The zero-order chi connectivity index (χ0) is 11.3. The zero-order valence-corrected chi connectivity index (χ0v) is 9.74. The molecule has 4 nitrogen and oxygen atoms in total. The van der Waals surface area contributed by atoms with Crippen molar-refractivity contribution < 1.29 is 5.11 Å². The zero-order valence-electron chi connectivity index (χ0n) is 9.74. The van der Waals surface area contributed by atoms with Crippen molar-refractivity contribution >= 4 is 5.96 Å². The lowest BCUT2D eigenvalue weighted by molar-refractivity contribution is 0.215. The minimum Gasteiger partial charge on any atom is -0.396 e. The van der Waals surface area contributed by atoms with E-state index in [1.807, 2.05) is 13.8 Å². The summed E-state index contributed by atoms with van der Waals surface area (Å²) in [4.78, 5) is 4.43. The molecule has 1 aliphatic rings. The largest absolute Gasteiger partial charge is 0.396 e. The van der Waals surface area contributed by atoms with E-state index < -0.39 is 0 Å². The highest BCUT2D eigenvalue weighted by Gasteiger charge is 2.15.